The highest BCUT2D eigenvalue weighted by molar-refractivity contribution is 6.39. The number of nitriles is 1. The molecule has 2 aliphatic heterocycles. The van der Waals surface area contributed by atoms with Gasteiger partial charge in [0, 0.05) is 43.5 Å². The normalized spacial score (nSPS) is 23.5. The standard InChI is InChI=1S/C25H30N8O3/c1-14-5-9-32(24(36)25(13-26)6-7-25)12-18(14)33-19-16-4-8-27-20(16)28-11-17(19)21(31-33)30-23(35)22(34)29-10-15-2-3-15/h4,8,14-15,18,27-28H,2-3,5-7,9-12H2,1H3,(H,29,34)(H,30,31,35)/t14-,18+/m1/s1. The Kier molecular flexibility index (Phi) is 5.28. The number of piperidine rings is 1. The third-order valence-corrected chi connectivity index (χ3v) is 8.03. The number of nitrogens with zero attached hydrogens (tertiary/aromatic N) is 4. The van der Waals surface area contributed by atoms with Crippen molar-refractivity contribution < 1.29 is 14.4 Å². The lowest BCUT2D eigenvalue weighted by Crippen LogP contribution is -2.47. The van der Waals surface area contributed by atoms with Crippen molar-refractivity contribution in [1.29, 1.82) is 5.26 Å². The van der Waals surface area contributed by atoms with Crippen LogP contribution in [0.3, 0.4) is 0 Å². The van der Waals surface area contributed by atoms with E-state index in [0.29, 0.717) is 50.8 Å². The van der Waals surface area contributed by atoms with Gasteiger partial charge < -0.3 is 25.8 Å². The fourth-order valence-corrected chi connectivity index (χ4v) is 5.31. The minimum Gasteiger partial charge on any atom is -0.367 e. The number of carbonyl (C=O) groups excluding carboxylic acids is 3. The zero-order chi connectivity index (χ0) is 25.0. The molecule has 4 heterocycles. The molecule has 0 aromatic carbocycles. The van der Waals surface area contributed by atoms with Crippen molar-refractivity contribution >= 4 is 29.4 Å². The maximum absolute atomic E-state index is 13.1. The highest BCUT2D eigenvalue weighted by atomic mass is 16.2. The van der Waals surface area contributed by atoms with Crippen molar-refractivity contribution in [3.8, 4) is 17.3 Å². The molecule has 3 amide bonds. The molecule has 4 N–H and O–H groups in total. The van der Waals surface area contributed by atoms with Gasteiger partial charge in [-0.2, -0.15) is 10.4 Å². The molecular formula is C25H30N8O3. The first kappa shape index (κ1) is 22.6. The van der Waals surface area contributed by atoms with E-state index in [1.807, 2.05) is 16.9 Å². The van der Waals surface area contributed by atoms with Crippen LogP contribution in [0, 0.1) is 28.6 Å². The number of nitrogens with one attached hydrogen (secondary N) is 4. The number of hydrogen-bond acceptors (Lipinski definition) is 6. The predicted molar refractivity (Wildman–Crippen MR) is 130 cm³/mol. The Labute approximate surface area is 208 Å². The third-order valence-electron chi connectivity index (χ3n) is 8.03. The summed E-state index contributed by atoms with van der Waals surface area (Å²) >= 11 is 0. The molecular weight excluding hydrogens is 460 g/mol. The summed E-state index contributed by atoms with van der Waals surface area (Å²) in [6, 6.07) is 4.04. The van der Waals surface area contributed by atoms with Gasteiger partial charge in [0.25, 0.3) is 0 Å². The van der Waals surface area contributed by atoms with Crippen molar-refractivity contribution in [1.82, 2.24) is 25.0 Å². The first-order valence-electron chi connectivity index (χ1n) is 12.7. The molecule has 2 aromatic rings. The van der Waals surface area contributed by atoms with E-state index >= 15 is 0 Å². The average molecular weight is 491 g/mol. The van der Waals surface area contributed by atoms with Gasteiger partial charge >= 0.3 is 11.8 Å². The predicted octanol–water partition coefficient (Wildman–Crippen LogP) is 1.98. The fourth-order valence-electron chi connectivity index (χ4n) is 5.31. The lowest BCUT2D eigenvalue weighted by atomic mass is 9.91. The van der Waals surface area contributed by atoms with Crippen LogP contribution in [-0.2, 0) is 20.9 Å². The first-order chi connectivity index (χ1) is 17.4. The summed E-state index contributed by atoms with van der Waals surface area (Å²) < 4.78 is 1.91. The minimum atomic E-state index is -0.862. The van der Waals surface area contributed by atoms with Gasteiger partial charge in [0.1, 0.15) is 11.2 Å². The summed E-state index contributed by atoms with van der Waals surface area (Å²) in [5, 5.41) is 23.1. The van der Waals surface area contributed by atoms with Gasteiger partial charge in [0.15, 0.2) is 5.82 Å². The number of rotatable bonds is 5. The second kappa shape index (κ2) is 8.40. The zero-order valence-electron chi connectivity index (χ0n) is 20.3. The molecule has 6 rings (SSSR count). The number of fused-ring (bicyclic) bond motifs is 3. The molecule has 2 aromatic heterocycles. The number of aromatic nitrogens is 3. The lowest BCUT2D eigenvalue weighted by Gasteiger charge is -2.38. The molecule has 2 saturated carbocycles. The number of likely N-dealkylation sites (tertiary alicyclic amines) is 1. The van der Waals surface area contributed by atoms with Crippen molar-refractivity contribution in [3.63, 3.8) is 0 Å². The number of hydrogen-bond donors (Lipinski definition) is 4. The van der Waals surface area contributed by atoms with Crippen LogP contribution in [0.25, 0.3) is 11.3 Å². The first-order valence-corrected chi connectivity index (χ1v) is 12.7. The van der Waals surface area contributed by atoms with Crippen LogP contribution in [0.5, 0.6) is 0 Å². The lowest BCUT2D eigenvalue weighted by molar-refractivity contribution is -0.137. The second-order valence-electron chi connectivity index (χ2n) is 10.6. The van der Waals surface area contributed by atoms with Crippen molar-refractivity contribution in [2.75, 3.05) is 30.3 Å². The Hall–Kier alpha value is -3.81. The van der Waals surface area contributed by atoms with E-state index in [2.05, 4.69) is 33.9 Å². The molecule has 188 valence electrons. The number of aromatic amines is 1. The van der Waals surface area contributed by atoms with Gasteiger partial charge in [-0.05, 0) is 50.0 Å². The quantitative estimate of drug-likeness (QED) is 0.471. The van der Waals surface area contributed by atoms with Crippen LogP contribution in [-0.4, -0.2) is 57.0 Å². The van der Waals surface area contributed by atoms with Gasteiger partial charge in [-0.1, -0.05) is 6.92 Å². The largest absolute Gasteiger partial charge is 0.367 e. The highest BCUT2D eigenvalue weighted by Gasteiger charge is 2.53. The molecule has 2 atom stereocenters. The van der Waals surface area contributed by atoms with Crippen LogP contribution in [0.4, 0.5) is 11.6 Å². The summed E-state index contributed by atoms with van der Waals surface area (Å²) in [6.45, 7) is 4.15. The molecule has 0 bridgehead atoms. The van der Waals surface area contributed by atoms with Crippen molar-refractivity contribution in [2.45, 2.75) is 51.6 Å². The molecule has 1 saturated heterocycles. The van der Waals surface area contributed by atoms with Crippen LogP contribution < -0.4 is 16.0 Å². The molecule has 11 heteroatoms. The summed E-state index contributed by atoms with van der Waals surface area (Å²) in [7, 11) is 0. The average Bonchev–Trinajstić information content (AvgIpc) is 3.80. The van der Waals surface area contributed by atoms with E-state index in [0.717, 1.165) is 41.9 Å². The van der Waals surface area contributed by atoms with Gasteiger partial charge in [0.2, 0.25) is 5.91 Å². The topological polar surface area (TPSA) is 148 Å². The second-order valence-corrected chi connectivity index (χ2v) is 10.6. The number of amides is 3. The van der Waals surface area contributed by atoms with E-state index in [1.54, 1.807) is 4.90 Å². The molecule has 2 aliphatic carbocycles. The molecule has 36 heavy (non-hydrogen) atoms. The molecule has 3 fully saturated rings. The van der Waals surface area contributed by atoms with Crippen LogP contribution in [0.2, 0.25) is 0 Å². The van der Waals surface area contributed by atoms with E-state index in [1.165, 1.54) is 0 Å². The Bertz CT molecular complexity index is 1280. The molecule has 0 unspecified atom stereocenters. The molecule has 0 radical (unpaired) electrons. The Morgan fingerprint density at radius 3 is 2.78 bits per heavy atom. The van der Waals surface area contributed by atoms with Gasteiger partial charge in [-0.3, -0.25) is 19.1 Å². The Morgan fingerprint density at radius 1 is 1.25 bits per heavy atom. The summed E-state index contributed by atoms with van der Waals surface area (Å²) in [5.74, 6) is 0.417. The SMILES string of the molecule is C[C@@H]1CCN(C(=O)C2(C#N)CC2)C[C@@H]1n1nc(NC(=O)C(=O)NCC2CC2)c2c1-c1cc[nH]c1NC2. The van der Waals surface area contributed by atoms with E-state index < -0.39 is 17.2 Å². The van der Waals surface area contributed by atoms with E-state index in [9.17, 15) is 19.6 Å². The van der Waals surface area contributed by atoms with E-state index in [4.69, 9.17) is 5.10 Å². The highest BCUT2D eigenvalue weighted by Crippen LogP contribution is 2.48. The van der Waals surface area contributed by atoms with Crippen LogP contribution >= 0.6 is 0 Å². The van der Waals surface area contributed by atoms with Crippen LogP contribution in [0.1, 0.15) is 50.6 Å². The summed E-state index contributed by atoms with van der Waals surface area (Å²) in [5.41, 5.74) is 1.73. The smallest absolute Gasteiger partial charge is 0.314 e. The van der Waals surface area contributed by atoms with Gasteiger partial charge in [0.05, 0.1) is 17.8 Å². The third kappa shape index (κ3) is 3.81. The summed E-state index contributed by atoms with van der Waals surface area (Å²) in [4.78, 5) is 43.2. The minimum absolute atomic E-state index is 0.0900. The fraction of sp³-hybridized carbons (Fsp3) is 0.560. The van der Waals surface area contributed by atoms with Crippen LogP contribution in [0.15, 0.2) is 12.3 Å². The maximum atomic E-state index is 13.1. The molecule has 0 spiro atoms. The van der Waals surface area contributed by atoms with Crippen molar-refractivity contribution in [3.05, 3.63) is 17.8 Å². The van der Waals surface area contributed by atoms with E-state index in [-0.39, 0.29) is 17.9 Å². The zero-order valence-corrected chi connectivity index (χ0v) is 20.3. The molecule has 4 aliphatic rings. The molecule has 11 nitrogen and oxygen atoms in total. The van der Waals surface area contributed by atoms with Gasteiger partial charge in [-0.15, -0.1) is 0 Å². The monoisotopic (exact) mass is 490 g/mol. The number of H-pyrrole nitrogens is 1. The Balaban J connectivity index is 1.31. The number of carbonyl (C=O) groups is 3. The summed E-state index contributed by atoms with van der Waals surface area (Å²) in [6.07, 6.45) is 6.03. The van der Waals surface area contributed by atoms with Gasteiger partial charge in [-0.25, -0.2) is 0 Å². The Morgan fingerprint density at radius 2 is 2.06 bits per heavy atom. The van der Waals surface area contributed by atoms with Crippen molar-refractivity contribution in [2.24, 2.45) is 17.3 Å². The maximum Gasteiger partial charge on any atom is 0.314 e. The number of anilines is 2.